The van der Waals surface area contributed by atoms with Gasteiger partial charge in [0.25, 0.3) is 0 Å². The zero-order chi connectivity index (χ0) is 19.5. The van der Waals surface area contributed by atoms with Crippen molar-refractivity contribution in [3.8, 4) is 17.6 Å². The van der Waals surface area contributed by atoms with Gasteiger partial charge in [0.1, 0.15) is 12.7 Å². The third kappa shape index (κ3) is 3.69. The summed E-state index contributed by atoms with van der Waals surface area (Å²) >= 11 is 6.36. The Balaban J connectivity index is 1.63. The van der Waals surface area contributed by atoms with E-state index >= 15 is 0 Å². The van der Waals surface area contributed by atoms with E-state index in [1.165, 1.54) is 6.20 Å². The quantitative estimate of drug-likeness (QED) is 0.612. The van der Waals surface area contributed by atoms with Crippen LogP contribution in [0.5, 0.6) is 11.5 Å². The maximum atomic E-state index is 9.16. The van der Waals surface area contributed by atoms with Gasteiger partial charge in [-0.1, -0.05) is 11.6 Å². The van der Waals surface area contributed by atoms with Crippen molar-refractivity contribution >= 4 is 33.3 Å². The summed E-state index contributed by atoms with van der Waals surface area (Å²) in [6.45, 7) is 4.83. The number of halogens is 1. The smallest absolute Gasteiger partial charge is 0.161 e. The van der Waals surface area contributed by atoms with Gasteiger partial charge in [-0.2, -0.15) is 5.26 Å². The standard InChI is InChI=1S/C21H20ClN3O3/c1-26-19-10-14-8-17-18(24-13-16(12-23)21(17)22)9-15(14)11-20(19)28-7-4-25-2-5-27-6-3-25/h8-11,13H,2-7H2,1H3. The molecule has 3 aromatic rings. The minimum Gasteiger partial charge on any atom is -0.493 e. The lowest BCUT2D eigenvalue weighted by atomic mass is 10.0. The van der Waals surface area contributed by atoms with Crippen LogP contribution in [0, 0.1) is 11.3 Å². The van der Waals surface area contributed by atoms with Crippen molar-refractivity contribution in [2.75, 3.05) is 46.6 Å². The van der Waals surface area contributed by atoms with Crippen molar-refractivity contribution in [1.29, 1.82) is 5.26 Å². The number of nitrogens with zero attached hydrogens (tertiary/aromatic N) is 3. The predicted molar refractivity (Wildman–Crippen MR) is 108 cm³/mol. The minimum absolute atomic E-state index is 0.364. The molecule has 4 rings (SSSR count). The van der Waals surface area contributed by atoms with E-state index in [-0.39, 0.29) is 0 Å². The highest BCUT2D eigenvalue weighted by Crippen LogP contribution is 2.36. The molecule has 1 aliphatic heterocycles. The lowest BCUT2D eigenvalue weighted by Crippen LogP contribution is -2.38. The number of nitriles is 1. The summed E-state index contributed by atoms with van der Waals surface area (Å²) in [5, 5.41) is 12.3. The highest BCUT2D eigenvalue weighted by molar-refractivity contribution is 6.36. The van der Waals surface area contributed by atoms with E-state index in [1.807, 2.05) is 24.3 Å². The number of ether oxygens (including phenoxy) is 3. The van der Waals surface area contributed by atoms with Crippen molar-refractivity contribution in [3.05, 3.63) is 41.0 Å². The van der Waals surface area contributed by atoms with E-state index in [2.05, 4.69) is 16.0 Å². The average molecular weight is 398 g/mol. The maximum Gasteiger partial charge on any atom is 0.161 e. The number of methoxy groups -OCH3 is 1. The lowest BCUT2D eigenvalue weighted by molar-refractivity contribution is 0.0321. The highest BCUT2D eigenvalue weighted by atomic mass is 35.5. The Labute approximate surface area is 168 Å². The molecule has 2 heterocycles. The Morgan fingerprint density at radius 3 is 2.68 bits per heavy atom. The van der Waals surface area contributed by atoms with Crippen LogP contribution < -0.4 is 9.47 Å². The highest BCUT2D eigenvalue weighted by Gasteiger charge is 2.13. The molecule has 1 aromatic heterocycles. The third-order valence-electron chi connectivity index (χ3n) is 4.93. The van der Waals surface area contributed by atoms with Crippen LogP contribution in [0.3, 0.4) is 0 Å². The number of hydrogen-bond acceptors (Lipinski definition) is 6. The van der Waals surface area contributed by atoms with E-state index in [0.29, 0.717) is 28.7 Å². The number of hydrogen-bond donors (Lipinski definition) is 0. The van der Waals surface area contributed by atoms with Gasteiger partial charge >= 0.3 is 0 Å². The van der Waals surface area contributed by atoms with Crippen LogP contribution in [0.1, 0.15) is 5.56 Å². The van der Waals surface area contributed by atoms with Crippen molar-refractivity contribution in [2.45, 2.75) is 0 Å². The first kappa shape index (κ1) is 18.8. The van der Waals surface area contributed by atoms with Crippen LogP contribution in [0.25, 0.3) is 21.7 Å². The Bertz CT molecular complexity index is 1060. The Kier molecular flexibility index (Phi) is 5.49. The largest absolute Gasteiger partial charge is 0.493 e. The fourth-order valence-corrected chi connectivity index (χ4v) is 3.62. The summed E-state index contributed by atoms with van der Waals surface area (Å²) in [4.78, 5) is 6.68. The van der Waals surface area contributed by atoms with Gasteiger partial charge in [0.2, 0.25) is 0 Å². The van der Waals surface area contributed by atoms with Gasteiger partial charge in [-0.25, -0.2) is 0 Å². The predicted octanol–water partition coefficient (Wildman–Crippen LogP) is 3.63. The first-order valence-electron chi connectivity index (χ1n) is 9.12. The number of rotatable bonds is 5. The molecule has 28 heavy (non-hydrogen) atoms. The van der Waals surface area contributed by atoms with Crippen LogP contribution in [0.4, 0.5) is 0 Å². The molecule has 0 spiro atoms. The van der Waals surface area contributed by atoms with Gasteiger partial charge < -0.3 is 14.2 Å². The molecule has 2 aromatic carbocycles. The molecule has 0 aliphatic carbocycles. The van der Waals surface area contributed by atoms with Crippen LogP contribution in [0.2, 0.25) is 5.02 Å². The molecule has 1 fully saturated rings. The van der Waals surface area contributed by atoms with E-state index in [9.17, 15) is 0 Å². The van der Waals surface area contributed by atoms with Crippen LogP contribution in [0.15, 0.2) is 30.5 Å². The molecular weight excluding hydrogens is 378 g/mol. The average Bonchev–Trinajstić information content (AvgIpc) is 2.73. The second-order valence-corrected chi connectivity index (χ2v) is 7.00. The van der Waals surface area contributed by atoms with Crippen molar-refractivity contribution in [3.63, 3.8) is 0 Å². The van der Waals surface area contributed by atoms with E-state index in [4.69, 9.17) is 31.1 Å². The maximum absolute atomic E-state index is 9.16. The van der Waals surface area contributed by atoms with Gasteiger partial charge in [0.15, 0.2) is 11.5 Å². The molecule has 1 aliphatic rings. The lowest BCUT2D eigenvalue weighted by Gasteiger charge is -2.26. The number of aromatic nitrogens is 1. The first-order valence-corrected chi connectivity index (χ1v) is 9.50. The Morgan fingerprint density at radius 1 is 1.18 bits per heavy atom. The van der Waals surface area contributed by atoms with Crippen molar-refractivity contribution in [1.82, 2.24) is 9.88 Å². The van der Waals surface area contributed by atoms with Crippen LogP contribution in [-0.2, 0) is 4.74 Å². The zero-order valence-electron chi connectivity index (χ0n) is 15.6. The zero-order valence-corrected chi connectivity index (χ0v) is 16.3. The molecule has 7 heteroatoms. The molecule has 6 nitrogen and oxygen atoms in total. The molecule has 1 saturated heterocycles. The summed E-state index contributed by atoms with van der Waals surface area (Å²) in [5.74, 6) is 1.36. The van der Waals surface area contributed by atoms with E-state index in [0.717, 1.165) is 54.5 Å². The van der Waals surface area contributed by atoms with Gasteiger partial charge in [0, 0.05) is 31.2 Å². The molecule has 0 unspecified atom stereocenters. The molecular formula is C21H20ClN3O3. The molecule has 0 atom stereocenters. The molecule has 0 bridgehead atoms. The third-order valence-corrected chi connectivity index (χ3v) is 5.34. The monoisotopic (exact) mass is 397 g/mol. The van der Waals surface area contributed by atoms with Gasteiger partial charge in [0.05, 0.1) is 36.4 Å². The number of fused-ring (bicyclic) bond motifs is 2. The molecule has 0 radical (unpaired) electrons. The second-order valence-electron chi connectivity index (χ2n) is 6.62. The van der Waals surface area contributed by atoms with Crippen molar-refractivity contribution in [2.24, 2.45) is 0 Å². The van der Waals surface area contributed by atoms with Crippen LogP contribution >= 0.6 is 11.6 Å². The molecule has 0 amide bonds. The molecule has 0 saturated carbocycles. The topological polar surface area (TPSA) is 67.6 Å². The molecule has 144 valence electrons. The van der Waals surface area contributed by atoms with E-state index in [1.54, 1.807) is 7.11 Å². The van der Waals surface area contributed by atoms with Crippen molar-refractivity contribution < 1.29 is 14.2 Å². The Hall–Kier alpha value is -2.59. The van der Waals surface area contributed by atoms with Crippen LogP contribution in [-0.4, -0.2) is 56.4 Å². The number of benzene rings is 2. The number of morpholine rings is 1. The van der Waals surface area contributed by atoms with Gasteiger partial charge in [-0.15, -0.1) is 0 Å². The minimum atomic E-state index is 0.364. The SMILES string of the molecule is COc1cc2cc3c(Cl)c(C#N)cnc3cc2cc1OCCN1CCOCC1. The molecule has 0 N–H and O–H groups in total. The fraction of sp³-hybridized carbons (Fsp3) is 0.333. The normalized spacial score (nSPS) is 14.9. The summed E-state index contributed by atoms with van der Waals surface area (Å²) < 4.78 is 16.9. The Morgan fingerprint density at radius 2 is 1.93 bits per heavy atom. The summed E-state index contributed by atoms with van der Waals surface area (Å²) in [6.07, 6.45) is 1.50. The summed E-state index contributed by atoms with van der Waals surface area (Å²) in [5.41, 5.74) is 1.10. The second kappa shape index (κ2) is 8.19. The summed E-state index contributed by atoms with van der Waals surface area (Å²) in [7, 11) is 1.62. The van der Waals surface area contributed by atoms with Gasteiger partial charge in [-0.05, 0) is 35.0 Å². The van der Waals surface area contributed by atoms with E-state index < -0.39 is 0 Å². The van der Waals surface area contributed by atoms with Gasteiger partial charge in [-0.3, -0.25) is 9.88 Å². The summed E-state index contributed by atoms with van der Waals surface area (Å²) in [6, 6.07) is 9.83. The number of pyridine rings is 1. The first-order chi connectivity index (χ1) is 13.7. The fourth-order valence-electron chi connectivity index (χ4n) is 3.37.